The Kier molecular flexibility index (Phi) is 9.31. The zero-order chi connectivity index (χ0) is 23.3. The van der Waals surface area contributed by atoms with Gasteiger partial charge in [0.1, 0.15) is 18.9 Å². The first-order chi connectivity index (χ1) is 15.9. The summed E-state index contributed by atoms with van der Waals surface area (Å²) in [6.45, 7) is 1.27. The van der Waals surface area contributed by atoms with E-state index in [1.807, 2.05) is 24.6 Å². The number of hydrogen-bond donors (Lipinski definition) is 2. The summed E-state index contributed by atoms with van der Waals surface area (Å²) in [5.74, 6) is -0.444. The van der Waals surface area contributed by atoms with Crippen molar-refractivity contribution in [2.24, 2.45) is 5.92 Å². The third-order valence-corrected chi connectivity index (χ3v) is 8.35. The van der Waals surface area contributed by atoms with E-state index in [9.17, 15) is 14.7 Å². The molecule has 34 heavy (non-hydrogen) atoms. The first-order valence-electron chi connectivity index (χ1n) is 11.9. The van der Waals surface area contributed by atoms with Crippen molar-refractivity contribution < 1.29 is 45.4 Å². The average Bonchev–Trinajstić information content (AvgIpc) is 3.53. The van der Waals surface area contributed by atoms with Crippen LogP contribution < -0.4 is 22.3 Å². The SMILES string of the molecule is C[N+]1(CC(=O)Nc2ccon2)CCCCC1COC(=O)C(O)(c1cccs1)C1CCCCC1.[Br-]. The number of anilines is 1. The molecule has 1 aliphatic heterocycles. The highest BCUT2D eigenvalue weighted by molar-refractivity contribution is 7.10. The van der Waals surface area contributed by atoms with Crippen molar-refractivity contribution in [1.82, 2.24) is 5.16 Å². The second-order valence-corrected chi connectivity index (χ2v) is 10.6. The van der Waals surface area contributed by atoms with Crippen LogP contribution in [0.25, 0.3) is 0 Å². The molecule has 1 saturated heterocycles. The molecule has 1 amide bonds. The number of ether oxygens (including phenoxy) is 1. The Hall–Kier alpha value is -1.75. The van der Waals surface area contributed by atoms with E-state index < -0.39 is 11.6 Å². The Morgan fingerprint density at radius 1 is 1.24 bits per heavy atom. The zero-order valence-corrected chi connectivity index (χ0v) is 22.0. The maximum absolute atomic E-state index is 13.4. The Morgan fingerprint density at radius 3 is 2.68 bits per heavy atom. The Morgan fingerprint density at radius 2 is 2.00 bits per heavy atom. The average molecular weight is 557 g/mol. The molecule has 3 unspecified atom stereocenters. The van der Waals surface area contributed by atoms with Crippen LogP contribution in [0.4, 0.5) is 5.82 Å². The lowest BCUT2D eigenvalue weighted by atomic mass is 9.76. The number of carbonyl (C=O) groups excluding carboxylic acids is 2. The van der Waals surface area contributed by atoms with E-state index in [2.05, 4.69) is 10.5 Å². The molecule has 1 aliphatic carbocycles. The van der Waals surface area contributed by atoms with Gasteiger partial charge in [-0.15, -0.1) is 11.3 Å². The van der Waals surface area contributed by atoms with E-state index in [0.717, 1.165) is 57.9 Å². The minimum absolute atomic E-state index is 0. The Balaban J connectivity index is 0.00000324. The highest BCUT2D eigenvalue weighted by Gasteiger charge is 2.49. The van der Waals surface area contributed by atoms with Crippen molar-refractivity contribution in [3.63, 3.8) is 0 Å². The van der Waals surface area contributed by atoms with Crippen molar-refractivity contribution in [2.45, 2.75) is 63.0 Å². The van der Waals surface area contributed by atoms with E-state index >= 15 is 0 Å². The van der Waals surface area contributed by atoms with Crippen LogP contribution in [0.5, 0.6) is 0 Å². The van der Waals surface area contributed by atoms with E-state index in [4.69, 9.17) is 9.26 Å². The second-order valence-electron chi connectivity index (χ2n) is 9.62. The summed E-state index contributed by atoms with van der Waals surface area (Å²) >= 11 is 1.40. The molecule has 8 nitrogen and oxygen atoms in total. The van der Waals surface area contributed by atoms with Crippen molar-refractivity contribution in [3.8, 4) is 0 Å². The Bertz CT molecular complexity index is 919. The summed E-state index contributed by atoms with van der Waals surface area (Å²) in [6, 6.07) is 5.29. The quantitative estimate of drug-likeness (QED) is 0.367. The molecule has 2 aromatic rings. The number of likely N-dealkylation sites (tertiary alicyclic amines) is 1. The number of thiophene rings is 1. The lowest BCUT2D eigenvalue weighted by molar-refractivity contribution is -0.931. The summed E-state index contributed by atoms with van der Waals surface area (Å²) in [7, 11) is 2.03. The monoisotopic (exact) mass is 555 g/mol. The lowest BCUT2D eigenvalue weighted by Crippen LogP contribution is -3.00. The molecule has 2 N–H and O–H groups in total. The molecule has 188 valence electrons. The van der Waals surface area contributed by atoms with Gasteiger partial charge in [-0.3, -0.25) is 4.79 Å². The van der Waals surface area contributed by atoms with Gasteiger partial charge >= 0.3 is 5.97 Å². The number of piperidine rings is 1. The van der Waals surface area contributed by atoms with Gasteiger partial charge in [-0.2, -0.15) is 0 Å². The highest BCUT2D eigenvalue weighted by atomic mass is 79.9. The molecule has 3 heterocycles. The molecule has 3 atom stereocenters. The fourth-order valence-electron chi connectivity index (χ4n) is 5.37. The molecule has 10 heteroatoms. The molecule has 0 aromatic carbocycles. The lowest BCUT2D eigenvalue weighted by Gasteiger charge is -2.44. The highest BCUT2D eigenvalue weighted by Crippen LogP contribution is 2.42. The summed E-state index contributed by atoms with van der Waals surface area (Å²) in [4.78, 5) is 26.7. The predicted molar refractivity (Wildman–Crippen MR) is 124 cm³/mol. The minimum Gasteiger partial charge on any atom is -1.00 e. The van der Waals surface area contributed by atoms with Gasteiger partial charge in [-0.05, 0) is 37.1 Å². The van der Waals surface area contributed by atoms with Gasteiger partial charge in [0.05, 0.1) is 13.6 Å². The van der Waals surface area contributed by atoms with E-state index in [0.29, 0.717) is 15.2 Å². The number of hydrogen-bond acceptors (Lipinski definition) is 7. The molecule has 0 radical (unpaired) electrons. The van der Waals surface area contributed by atoms with Gasteiger partial charge in [0.15, 0.2) is 18.0 Å². The van der Waals surface area contributed by atoms with Crippen molar-refractivity contribution in [1.29, 1.82) is 0 Å². The number of likely N-dealkylation sites (N-methyl/N-ethyl adjacent to an activating group) is 1. The summed E-state index contributed by atoms with van der Waals surface area (Å²) in [5.41, 5.74) is -1.60. The molecular formula is C24H34BrN3O5S. The standard InChI is InChI=1S/C24H33N3O5S.BrH/c1-27(16-22(28)25-21-12-14-32-26-21)13-6-5-10-19(27)17-31-23(29)24(30,20-11-7-15-33-20)18-8-3-2-4-9-18;/h7,11-12,14-15,18-19,30H,2-6,8-10,13,16-17H2,1H3;1H. The third kappa shape index (κ3) is 5.90. The maximum atomic E-state index is 13.4. The minimum atomic E-state index is -1.60. The molecule has 2 fully saturated rings. The normalized spacial score (nSPS) is 25.1. The first kappa shape index (κ1) is 26.8. The van der Waals surface area contributed by atoms with Crippen LogP contribution in [0.1, 0.15) is 56.2 Å². The number of nitrogens with one attached hydrogen (secondary N) is 1. The smallest absolute Gasteiger partial charge is 0.344 e. The number of aromatic nitrogens is 1. The van der Waals surface area contributed by atoms with Gasteiger partial charge in [0.2, 0.25) is 0 Å². The molecular weight excluding hydrogens is 522 g/mol. The maximum Gasteiger partial charge on any atom is 0.344 e. The number of aliphatic hydroxyl groups is 1. The summed E-state index contributed by atoms with van der Waals surface area (Å²) in [5, 5.41) is 20.0. The number of carbonyl (C=O) groups is 2. The largest absolute Gasteiger partial charge is 1.00 e. The predicted octanol–water partition coefficient (Wildman–Crippen LogP) is 0.689. The molecule has 0 bridgehead atoms. The van der Waals surface area contributed by atoms with Crippen LogP contribution in [-0.2, 0) is 19.9 Å². The van der Waals surface area contributed by atoms with Gasteiger partial charge in [0.25, 0.3) is 5.91 Å². The number of amides is 1. The number of rotatable bonds is 8. The number of esters is 1. The van der Waals surface area contributed by atoms with Gasteiger partial charge in [0, 0.05) is 23.3 Å². The summed E-state index contributed by atoms with van der Waals surface area (Å²) in [6.07, 6.45) is 9.14. The Labute approximate surface area is 215 Å². The van der Waals surface area contributed by atoms with Crippen LogP contribution in [0.2, 0.25) is 0 Å². The van der Waals surface area contributed by atoms with E-state index in [1.165, 1.54) is 17.6 Å². The summed E-state index contributed by atoms with van der Waals surface area (Å²) < 4.78 is 11.1. The van der Waals surface area contributed by atoms with Gasteiger partial charge in [-0.1, -0.05) is 30.5 Å². The molecule has 2 aliphatic rings. The van der Waals surface area contributed by atoms with Gasteiger partial charge < -0.3 is 41.1 Å². The second kappa shape index (κ2) is 11.8. The zero-order valence-electron chi connectivity index (χ0n) is 19.6. The van der Waals surface area contributed by atoms with Crippen LogP contribution in [-0.4, -0.2) is 59.4 Å². The fraction of sp³-hybridized carbons (Fsp3) is 0.625. The fourth-order valence-corrected chi connectivity index (χ4v) is 6.26. The van der Waals surface area contributed by atoms with Crippen molar-refractivity contribution in [2.75, 3.05) is 32.1 Å². The number of nitrogens with zero attached hydrogens (tertiary/aromatic N) is 2. The molecule has 1 saturated carbocycles. The molecule has 0 spiro atoms. The first-order valence-corrected chi connectivity index (χ1v) is 12.8. The molecule has 2 aromatic heterocycles. The van der Waals surface area contributed by atoms with Crippen LogP contribution in [0.3, 0.4) is 0 Å². The third-order valence-electron chi connectivity index (χ3n) is 7.36. The van der Waals surface area contributed by atoms with Crippen molar-refractivity contribution in [3.05, 3.63) is 34.7 Å². The topological polar surface area (TPSA) is 102 Å². The van der Waals surface area contributed by atoms with Crippen molar-refractivity contribution >= 4 is 29.0 Å². The van der Waals surface area contributed by atoms with Crippen LogP contribution in [0, 0.1) is 5.92 Å². The number of halogens is 1. The molecule has 4 rings (SSSR count). The van der Waals surface area contributed by atoms with Gasteiger partial charge in [-0.25, -0.2) is 4.79 Å². The van der Waals surface area contributed by atoms with E-state index in [-0.39, 0.29) is 48.0 Å². The number of quaternary nitrogens is 1. The van der Waals surface area contributed by atoms with Crippen LogP contribution in [0.15, 0.2) is 34.4 Å². The van der Waals surface area contributed by atoms with E-state index in [1.54, 1.807) is 6.07 Å². The van der Waals surface area contributed by atoms with Crippen LogP contribution >= 0.6 is 11.3 Å².